The third-order valence-electron chi connectivity index (χ3n) is 1.95. The maximum absolute atomic E-state index is 13.0. The first-order valence-electron chi connectivity index (χ1n) is 4.89. The molecule has 0 fully saturated rings. The molecule has 0 aliphatic rings. The van der Waals surface area contributed by atoms with Gasteiger partial charge in [-0.15, -0.1) is 0 Å². The largest absolute Gasteiger partial charge is 0.488 e. The van der Waals surface area contributed by atoms with Crippen molar-refractivity contribution in [3.8, 4) is 5.75 Å². The van der Waals surface area contributed by atoms with E-state index < -0.39 is 17.7 Å². The molecule has 1 atom stereocenters. The first-order chi connectivity index (χ1) is 7.13. The van der Waals surface area contributed by atoms with E-state index in [1.807, 2.05) is 6.92 Å². The monoisotopic (exact) mass is 216 g/mol. The summed E-state index contributed by atoms with van der Waals surface area (Å²) in [4.78, 5) is 0. The number of rotatable bonds is 5. The van der Waals surface area contributed by atoms with Gasteiger partial charge in [0.25, 0.3) is 0 Å². The molecule has 0 aliphatic carbocycles. The summed E-state index contributed by atoms with van der Waals surface area (Å²) < 4.78 is 30.6. The second kappa shape index (κ2) is 5.66. The van der Waals surface area contributed by atoms with Gasteiger partial charge in [-0.25, -0.2) is 8.78 Å². The molecule has 1 aromatic rings. The van der Waals surface area contributed by atoms with E-state index in [-0.39, 0.29) is 12.4 Å². The highest BCUT2D eigenvalue weighted by Gasteiger charge is 2.08. The van der Waals surface area contributed by atoms with E-state index in [2.05, 4.69) is 0 Å². The zero-order chi connectivity index (χ0) is 11.3. The van der Waals surface area contributed by atoms with Crippen molar-refractivity contribution in [2.45, 2.75) is 25.9 Å². The number of ether oxygens (including phenoxy) is 1. The quantitative estimate of drug-likeness (QED) is 0.819. The van der Waals surface area contributed by atoms with Crippen LogP contribution in [0.15, 0.2) is 18.2 Å². The SMILES string of the molecule is CCCC(O)COc1ccc(F)cc1F. The average molecular weight is 216 g/mol. The standard InChI is InChI=1S/C11H14F2O2/c1-2-3-9(14)7-15-11-5-4-8(12)6-10(11)13/h4-6,9,14H,2-3,7H2,1H3. The highest BCUT2D eigenvalue weighted by Crippen LogP contribution is 2.17. The topological polar surface area (TPSA) is 29.5 Å². The zero-order valence-electron chi connectivity index (χ0n) is 8.54. The van der Waals surface area contributed by atoms with Crippen LogP contribution in [0.4, 0.5) is 8.78 Å². The second-order valence-corrected chi connectivity index (χ2v) is 3.33. The van der Waals surface area contributed by atoms with Crippen LogP contribution in [0, 0.1) is 11.6 Å². The van der Waals surface area contributed by atoms with Crippen LogP contribution in [0.2, 0.25) is 0 Å². The summed E-state index contributed by atoms with van der Waals surface area (Å²) in [6.07, 6.45) is 0.818. The van der Waals surface area contributed by atoms with Crippen molar-refractivity contribution in [3.05, 3.63) is 29.8 Å². The lowest BCUT2D eigenvalue weighted by Gasteiger charge is -2.11. The number of hydrogen-bond donors (Lipinski definition) is 1. The summed E-state index contributed by atoms with van der Waals surface area (Å²) in [5, 5.41) is 9.33. The van der Waals surface area contributed by atoms with Crippen LogP contribution < -0.4 is 4.74 Å². The lowest BCUT2D eigenvalue weighted by atomic mass is 10.2. The Labute approximate surface area is 87.5 Å². The third-order valence-corrected chi connectivity index (χ3v) is 1.95. The molecule has 1 rings (SSSR count). The highest BCUT2D eigenvalue weighted by atomic mass is 19.1. The molecular formula is C11H14F2O2. The van der Waals surface area contributed by atoms with Crippen LogP contribution in [-0.4, -0.2) is 17.8 Å². The molecule has 0 aromatic heterocycles. The van der Waals surface area contributed by atoms with Gasteiger partial charge in [0.2, 0.25) is 0 Å². The average Bonchev–Trinajstić information content (AvgIpc) is 2.17. The molecule has 4 heteroatoms. The van der Waals surface area contributed by atoms with Gasteiger partial charge in [-0.1, -0.05) is 13.3 Å². The summed E-state index contributed by atoms with van der Waals surface area (Å²) in [6, 6.07) is 3.08. The van der Waals surface area contributed by atoms with Crippen molar-refractivity contribution in [2.75, 3.05) is 6.61 Å². The Morgan fingerprint density at radius 1 is 1.40 bits per heavy atom. The number of benzene rings is 1. The normalized spacial score (nSPS) is 12.5. The Bertz CT molecular complexity index is 315. The lowest BCUT2D eigenvalue weighted by Crippen LogP contribution is -2.17. The number of halogens is 2. The van der Waals surface area contributed by atoms with Crippen LogP contribution in [0.1, 0.15) is 19.8 Å². The van der Waals surface area contributed by atoms with Gasteiger partial charge < -0.3 is 9.84 Å². The van der Waals surface area contributed by atoms with Gasteiger partial charge in [-0.05, 0) is 18.6 Å². The molecule has 0 spiro atoms. The van der Waals surface area contributed by atoms with E-state index in [1.54, 1.807) is 0 Å². The number of aliphatic hydroxyl groups is 1. The van der Waals surface area contributed by atoms with Gasteiger partial charge in [-0.2, -0.15) is 0 Å². The highest BCUT2D eigenvalue weighted by molar-refractivity contribution is 5.24. The van der Waals surface area contributed by atoms with Crippen molar-refractivity contribution in [1.82, 2.24) is 0 Å². The van der Waals surface area contributed by atoms with Crippen LogP contribution in [-0.2, 0) is 0 Å². The third kappa shape index (κ3) is 3.83. The summed E-state index contributed by atoms with van der Waals surface area (Å²) in [5.41, 5.74) is 0. The van der Waals surface area contributed by atoms with Gasteiger partial charge in [-0.3, -0.25) is 0 Å². The Kier molecular flexibility index (Phi) is 4.49. The van der Waals surface area contributed by atoms with E-state index >= 15 is 0 Å². The Morgan fingerprint density at radius 3 is 2.73 bits per heavy atom. The van der Waals surface area contributed by atoms with Crippen LogP contribution in [0.5, 0.6) is 5.75 Å². The van der Waals surface area contributed by atoms with Crippen molar-refractivity contribution in [1.29, 1.82) is 0 Å². The van der Waals surface area contributed by atoms with Gasteiger partial charge in [0, 0.05) is 6.07 Å². The molecule has 0 saturated heterocycles. The molecule has 0 bridgehead atoms. The molecule has 0 radical (unpaired) electrons. The van der Waals surface area contributed by atoms with Crippen molar-refractivity contribution in [2.24, 2.45) is 0 Å². The molecule has 84 valence electrons. The van der Waals surface area contributed by atoms with E-state index in [4.69, 9.17) is 4.74 Å². The smallest absolute Gasteiger partial charge is 0.167 e. The molecule has 1 unspecified atom stereocenters. The summed E-state index contributed by atoms with van der Waals surface area (Å²) >= 11 is 0. The number of aliphatic hydroxyl groups excluding tert-OH is 1. The number of hydrogen-bond acceptors (Lipinski definition) is 2. The fourth-order valence-corrected chi connectivity index (χ4v) is 1.19. The molecule has 1 N–H and O–H groups in total. The summed E-state index contributed by atoms with van der Waals surface area (Å²) in [7, 11) is 0. The molecule has 1 aromatic carbocycles. The van der Waals surface area contributed by atoms with Crippen molar-refractivity contribution in [3.63, 3.8) is 0 Å². The van der Waals surface area contributed by atoms with Crippen LogP contribution >= 0.6 is 0 Å². The van der Waals surface area contributed by atoms with E-state index in [9.17, 15) is 13.9 Å². The molecule has 0 aliphatic heterocycles. The molecular weight excluding hydrogens is 202 g/mol. The lowest BCUT2D eigenvalue weighted by molar-refractivity contribution is 0.0971. The fraction of sp³-hybridized carbons (Fsp3) is 0.455. The fourth-order valence-electron chi connectivity index (χ4n) is 1.19. The first-order valence-corrected chi connectivity index (χ1v) is 4.89. The minimum atomic E-state index is -0.751. The molecule has 15 heavy (non-hydrogen) atoms. The van der Waals surface area contributed by atoms with Gasteiger partial charge in [0.15, 0.2) is 11.6 Å². The maximum Gasteiger partial charge on any atom is 0.167 e. The molecule has 0 amide bonds. The van der Waals surface area contributed by atoms with E-state index in [0.29, 0.717) is 6.42 Å². The Morgan fingerprint density at radius 2 is 2.13 bits per heavy atom. The molecule has 0 heterocycles. The van der Waals surface area contributed by atoms with Crippen LogP contribution in [0.3, 0.4) is 0 Å². The Balaban J connectivity index is 2.50. The maximum atomic E-state index is 13.0. The molecule has 0 saturated carbocycles. The van der Waals surface area contributed by atoms with Crippen molar-refractivity contribution >= 4 is 0 Å². The van der Waals surface area contributed by atoms with E-state index in [1.165, 1.54) is 6.07 Å². The zero-order valence-corrected chi connectivity index (χ0v) is 8.54. The second-order valence-electron chi connectivity index (χ2n) is 3.33. The predicted octanol–water partition coefficient (Wildman–Crippen LogP) is 2.50. The van der Waals surface area contributed by atoms with Gasteiger partial charge >= 0.3 is 0 Å². The summed E-state index contributed by atoms with van der Waals surface area (Å²) in [6.45, 7) is 1.96. The minimum Gasteiger partial charge on any atom is -0.488 e. The summed E-state index contributed by atoms with van der Waals surface area (Å²) in [5.74, 6) is -1.43. The first kappa shape index (κ1) is 11.9. The van der Waals surface area contributed by atoms with Crippen molar-refractivity contribution < 1.29 is 18.6 Å². The minimum absolute atomic E-state index is 0.0242. The predicted molar refractivity (Wildman–Crippen MR) is 52.8 cm³/mol. The Hall–Kier alpha value is -1.16. The van der Waals surface area contributed by atoms with Gasteiger partial charge in [0.05, 0.1) is 6.10 Å². The van der Waals surface area contributed by atoms with Crippen LogP contribution in [0.25, 0.3) is 0 Å². The van der Waals surface area contributed by atoms with E-state index in [0.717, 1.165) is 18.6 Å². The molecule has 2 nitrogen and oxygen atoms in total. The van der Waals surface area contributed by atoms with Gasteiger partial charge in [0.1, 0.15) is 12.4 Å².